The standard InChI is InChI=1S/C16H22N4S.HI/c1-4-13-5-7-14(8-6-13)20-16(17)18-10-9-15-11(2)19-12(3)21-15;/h5-8H,4,9-10H2,1-3H3,(H3,17,18,20);1H. The number of aryl methyl sites for hydroxylation is 3. The van der Waals surface area contributed by atoms with E-state index in [0.29, 0.717) is 12.5 Å². The Kier molecular flexibility index (Phi) is 7.81. The van der Waals surface area contributed by atoms with Crippen molar-refractivity contribution in [1.29, 1.82) is 0 Å². The second-order valence-corrected chi connectivity index (χ2v) is 6.22. The molecule has 0 saturated heterocycles. The highest BCUT2D eigenvalue weighted by molar-refractivity contribution is 14.0. The summed E-state index contributed by atoms with van der Waals surface area (Å²) in [7, 11) is 0. The van der Waals surface area contributed by atoms with Crippen LogP contribution in [0.15, 0.2) is 29.3 Å². The van der Waals surface area contributed by atoms with Gasteiger partial charge in [0.1, 0.15) is 0 Å². The molecule has 1 heterocycles. The number of thiazole rings is 1. The number of halogens is 1. The molecule has 0 radical (unpaired) electrons. The van der Waals surface area contributed by atoms with Crippen LogP contribution in [0.2, 0.25) is 0 Å². The van der Waals surface area contributed by atoms with Gasteiger partial charge in [0.05, 0.1) is 10.7 Å². The third-order valence-corrected chi connectivity index (χ3v) is 4.39. The maximum Gasteiger partial charge on any atom is 0.193 e. The van der Waals surface area contributed by atoms with Crippen molar-refractivity contribution in [2.24, 2.45) is 10.7 Å². The molecule has 0 saturated carbocycles. The van der Waals surface area contributed by atoms with Gasteiger partial charge in [-0.1, -0.05) is 19.1 Å². The molecule has 120 valence electrons. The Bertz CT molecular complexity index is 620. The summed E-state index contributed by atoms with van der Waals surface area (Å²) in [6.07, 6.45) is 1.92. The lowest BCUT2D eigenvalue weighted by Crippen LogP contribution is -2.23. The second kappa shape index (κ2) is 9.09. The number of aliphatic imine (C=N–C) groups is 1. The second-order valence-electron chi connectivity index (χ2n) is 4.93. The fourth-order valence-electron chi connectivity index (χ4n) is 2.09. The summed E-state index contributed by atoms with van der Waals surface area (Å²) < 4.78 is 0. The van der Waals surface area contributed by atoms with E-state index in [0.717, 1.165) is 29.2 Å². The first-order chi connectivity index (χ1) is 10.1. The number of hydrogen-bond acceptors (Lipinski definition) is 3. The van der Waals surface area contributed by atoms with E-state index in [-0.39, 0.29) is 24.0 Å². The molecule has 0 spiro atoms. The molecule has 0 bridgehead atoms. The largest absolute Gasteiger partial charge is 0.370 e. The smallest absolute Gasteiger partial charge is 0.193 e. The van der Waals surface area contributed by atoms with Crippen molar-refractivity contribution in [3.63, 3.8) is 0 Å². The Balaban J connectivity index is 0.00000242. The van der Waals surface area contributed by atoms with Crippen LogP contribution in [-0.2, 0) is 12.8 Å². The van der Waals surface area contributed by atoms with Gasteiger partial charge < -0.3 is 11.1 Å². The van der Waals surface area contributed by atoms with E-state index >= 15 is 0 Å². The first-order valence-corrected chi connectivity index (χ1v) is 7.99. The van der Waals surface area contributed by atoms with E-state index in [1.54, 1.807) is 11.3 Å². The van der Waals surface area contributed by atoms with Crippen molar-refractivity contribution in [1.82, 2.24) is 4.98 Å². The molecule has 0 amide bonds. The Hall–Kier alpha value is -1.15. The maximum absolute atomic E-state index is 5.91. The molecule has 2 aromatic rings. The third-order valence-electron chi connectivity index (χ3n) is 3.26. The lowest BCUT2D eigenvalue weighted by Gasteiger charge is -2.06. The molecule has 3 N–H and O–H groups in total. The van der Waals surface area contributed by atoms with Gasteiger partial charge in [-0.2, -0.15) is 0 Å². The number of nitrogens with one attached hydrogen (secondary N) is 1. The topological polar surface area (TPSA) is 63.3 Å². The van der Waals surface area contributed by atoms with E-state index in [2.05, 4.69) is 34.3 Å². The van der Waals surface area contributed by atoms with Crippen molar-refractivity contribution >= 4 is 47.0 Å². The highest BCUT2D eigenvalue weighted by Gasteiger charge is 2.04. The molecule has 6 heteroatoms. The zero-order valence-electron chi connectivity index (χ0n) is 13.2. The Morgan fingerprint density at radius 3 is 2.50 bits per heavy atom. The highest BCUT2D eigenvalue weighted by atomic mass is 127. The van der Waals surface area contributed by atoms with Gasteiger partial charge in [-0.15, -0.1) is 35.3 Å². The van der Waals surface area contributed by atoms with Gasteiger partial charge in [-0.05, 0) is 38.0 Å². The van der Waals surface area contributed by atoms with E-state index in [9.17, 15) is 0 Å². The maximum atomic E-state index is 5.91. The van der Waals surface area contributed by atoms with Crippen LogP contribution in [0.3, 0.4) is 0 Å². The van der Waals surface area contributed by atoms with Gasteiger partial charge in [0.2, 0.25) is 0 Å². The van der Waals surface area contributed by atoms with Crippen molar-refractivity contribution in [2.75, 3.05) is 11.9 Å². The van der Waals surface area contributed by atoms with E-state index in [4.69, 9.17) is 5.73 Å². The van der Waals surface area contributed by atoms with Crippen LogP contribution >= 0.6 is 35.3 Å². The summed E-state index contributed by atoms with van der Waals surface area (Å²) in [5, 5.41) is 4.22. The monoisotopic (exact) mass is 430 g/mol. The quantitative estimate of drug-likeness (QED) is 0.430. The van der Waals surface area contributed by atoms with Crippen LogP contribution in [0.4, 0.5) is 5.69 Å². The van der Waals surface area contributed by atoms with Crippen LogP contribution in [0, 0.1) is 13.8 Å². The number of guanidine groups is 1. The summed E-state index contributed by atoms with van der Waals surface area (Å²) >= 11 is 1.73. The van der Waals surface area contributed by atoms with Crippen LogP contribution in [0.5, 0.6) is 0 Å². The Morgan fingerprint density at radius 2 is 1.95 bits per heavy atom. The Morgan fingerprint density at radius 1 is 1.27 bits per heavy atom. The molecule has 0 aliphatic rings. The Labute approximate surface area is 153 Å². The summed E-state index contributed by atoms with van der Waals surface area (Å²) in [6, 6.07) is 8.24. The summed E-state index contributed by atoms with van der Waals surface area (Å²) in [6.45, 7) is 6.88. The van der Waals surface area contributed by atoms with Crippen molar-refractivity contribution in [3.05, 3.63) is 45.4 Å². The zero-order valence-corrected chi connectivity index (χ0v) is 16.4. The summed E-state index contributed by atoms with van der Waals surface area (Å²) in [5.41, 5.74) is 9.30. The van der Waals surface area contributed by atoms with Gasteiger partial charge in [-0.25, -0.2) is 4.98 Å². The average molecular weight is 430 g/mol. The number of aromatic nitrogens is 1. The SMILES string of the molecule is CCc1ccc(NC(N)=NCCc2sc(C)nc2C)cc1.I. The minimum absolute atomic E-state index is 0. The minimum atomic E-state index is 0. The third kappa shape index (κ3) is 5.57. The van der Waals surface area contributed by atoms with Gasteiger partial charge >= 0.3 is 0 Å². The van der Waals surface area contributed by atoms with Crippen molar-refractivity contribution < 1.29 is 0 Å². The molecule has 0 aliphatic carbocycles. The van der Waals surface area contributed by atoms with Crippen LogP contribution in [0.1, 0.15) is 28.1 Å². The molecule has 1 aromatic carbocycles. The zero-order chi connectivity index (χ0) is 15.2. The molecular formula is C16H23IN4S. The summed E-state index contributed by atoms with van der Waals surface area (Å²) in [4.78, 5) is 10.1. The molecule has 0 aliphatic heterocycles. The van der Waals surface area contributed by atoms with Gasteiger partial charge in [-0.3, -0.25) is 4.99 Å². The average Bonchev–Trinajstić information content (AvgIpc) is 2.78. The predicted octanol–water partition coefficient (Wildman–Crippen LogP) is 3.91. The number of rotatable bonds is 5. The number of nitrogens with zero attached hydrogens (tertiary/aromatic N) is 2. The van der Waals surface area contributed by atoms with Crippen molar-refractivity contribution in [2.45, 2.75) is 33.6 Å². The normalized spacial score (nSPS) is 11.1. The molecule has 0 atom stereocenters. The first-order valence-electron chi connectivity index (χ1n) is 7.17. The fraction of sp³-hybridized carbons (Fsp3) is 0.375. The molecule has 0 fully saturated rings. The van der Waals surface area contributed by atoms with Crippen LogP contribution in [0.25, 0.3) is 0 Å². The van der Waals surface area contributed by atoms with Gasteiger partial charge in [0.15, 0.2) is 5.96 Å². The lowest BCUT2D eigenvalue weighted by atomic mass is 10.1. The number of hydrogen-bond donors (Lipinski definition) is 2. The number of benzene rings is 1. The number of anilines is 1. The first kappa shape index (κ1) is 18.9. The van der Waals surface area contributed by atoms with Gasteiger partial charge in [0, 0.05) is 23.5 Å². The van der Waals surface area contributed by atoms with E-state index in [1.165, 1.54) is 10.4 Å². The molecule has 22 heavy (non-hydrogen) atoms. The predicted molar refractivity (Wildman–Crippen MR) is 107 cm³/mol. The minimum Gasteiger partial charge on any atom is -0.370 e. The fourth-order valence-corrected chi connectivity index (χ4v) is 3.02. The number of nitrogens with two attached hydrogens (primary N) is 1. The molecular weight excluding hydrogens is 407 g/mol. The van der Waals surface area contributed by atoms with E-state index < -0.39 is 0 Å². The molecule has 4 nitrogen and oxygen atoms in total. The van der Waals surface area contributed by atoms with Crippen LogP contribution < -0.4 is 11.1 Å². The van der Waals surface area contributed by atoms with Crippen molar-refractivity contribution in [3.8, 4) is 0 Å². The molecule has 2 rings (SSSR count). The molecule has 0 unspecified atom stereocenters. The van der Waals surface area contributed by atoms with Crippen LogP contribution in [-0.4, -0.2) is 17.5 Å². The molecule has 1 aromatic heterocycles. The highest BCUT2D eigenvalue weighted by Crippen LogP contribution is 2.17. The summed E-state index contributed by atoms with van der Waals surface area (Å²) in [5.74, 6) is 0.457. The van der Waals surface area contributed by atoms with Gasteiger partial charge in [0.25, 0.3) is 0 Å². The lowest BCUT2D eigenvalue weighted by molar-refractivity contribution is 0.965. The van der Waals surface area contributed by atoms with E-state index in [1.807, 2.05) is 26.0 Å².